The topological polar surface area (TPSA) is 78.5 Å². The second-order valence-electron chi connectivity index (χ2n) is 6.46. The number of benzene rings is 2. The van der Waals surface area contributed by atoms with Crippen LogP contribution in [0.5, 0.6) is 0 Å². The van der Waals surface area contributed by atoms with E-state index in [0.29, 0.717) is 11.3 Å². The number of rotatable bonds is 4. The summed E-state index contributed by atoms with van der Waals surface area (Å²) in [5.74, 6) is -0.907. The van der Waals surface area contributed by atoms with E-state index in [0.717, 1.165) is 19.4 Å². The maximum Gasteiger partial charge on any atom is 0.325 e. The Balaban J connectivity index is 1.76. The van der Waals surface area contributed by atoms with E-state index in [1.807, 2.05) is 19.1 Å². The van der Waals surface area contributed by atoms with Crippen LogP contribution in [0.2, 0.25) is 0 Å². The van der Waals surface area contributed by atoms with E-state index >= 15 is 0 Å². The van der Waals surface area contributed by atoms with Gasteiger partial charge in [-0.2, -0.15) is 0 Å². The largest absolute Gasteiger partial charge is 0.325 e. The highest BCUT2D eigenvalue weighted by molar-refractivity contribution is 9.10. The van der Waals surface area contributed by atoms with Crippen LogP contribution >= 0.6 is 31.9 Å². The molecule has 1 aliphatic heterocycles. The fourth-order valence-corrected chi connectivity index (χ4v) is 3.81. The van der Waals surface area contributed by atoms with Crippen LogP contribution < -0.4 is 10.6 Å². The van der Waals surface area contributed by atoms with Crippen molar-refractivity contribution in [1.82, 2.24) is 10.2 Å². The van der Waals surface area contributed by atoms with E-state index in [-0.39, 0.29) is 6.54 Å². The van der Waals surface area contributed by atoms with Crippen molar-refractivity contribution in [3.8, 4) is 0 Å². The van der Waals surface area contributed by atoms with Gasteiger partial charge in [-0.3, -0.25) is 14.5 Å². The maximum atomic E-state index is 12.9. The minimum Gasteiger partial charge on any atom is -0.324 e. The number of amides is 4. The number of aryl methyl sites for hydroxylation is 1. The van der Waals surface area contributed by atoms with Gasteiger partial charge < -0.3 is 10.6 Å². The molecule has 27 heavy (non-hydrogen) atoms. The lowest BCUT2D eigenvalue weighted by Gasteiger charge is -2.22. The number of hydrogen-bond acceptors (Lipinski definition) is 3. The fourth-order valence-electron chi connectivity index (χ4n) is 2.94. The van der Waals surface area contributed by atoms with Gasteiger partial charge in [0.1, 0.15) is 12.1 Å². The van der Waals surface area contributed by atoms with E-state index in [9.17, 15) is 14.4 Å². The second-order valence-corrected chi connectivity index (χ2v) is 8.30. The zero-order valence-electron chi connectivity index (χ0n) is 14.7. The molecule has 2 N–H and O–H groups in total. The molecular weight excluding hydrogens is 478 g/mol. The first-order valence-electron chi connectivity index (χ1n) is 8.17. The highest BCUT2D eigenvalue weighted by atomic mass is 79.9. The predicted octanol–water partition coefficient (Wildman–Crippen LogP) is 3.93. The Kier molecular flexibility index (Phi) is 5.39. The number of imide groups is 1. The van der Waals surface area contributed by atoms with Gasteiger partial charge in [0.05, 0.1) is 0 Å². The van der Waals surface area contributed by atoms with Gasteiger partial charge in [0.2, 0.25) is 5.91 Å². The molecule has 0 bridgehead atoms. The number of urea groups is 1. The zero-order chi connectivity index (χ0) is 19.8. The van der Waals surface area contributed by atoms with Crippen LogP contribution in [-0.4, -0.2) is 29.3 Å². The van der Waals surface area contributed by atoms with Gasteiger partial charge in [0.15, 0.2) is 0 Å². The molecule has 0 aromatic heterocycles. The molecule has 3 rings (SSSR count). The number of anilines is 1. The van der Waals surface area contributed by atoms with Crippen molar-refractivity contribution in [2.45, 2.75) is 19.4 Å². The Morgan fingerprint density at radius 3 is 2.52 bits per heavy atom. The molecule has 1 unspecified atom stereocenters. The molecule has 0 radical (unpaired) electrons. The molecule has 0 saturated carbocycles. The lowest BCUT2D eigenvalue weighted by atomic mass is 9.92. The Hall–Kier alpha value is -2.19. The summed E-state index contributed by atoms with van der Waals surface area (Å²) in [6.07, 6.45) is 0. The summed E-state index contributed by atoms with van der Waals surface area (Å²) in [6.45, 7) is 3.13. The lowest BCUT2D eigenvalue weighted by Crippen LogP contribution is -2.42. The number of hydrogen-bond donors (Lipinski definition) is 2. The first-order valence-corrected chi connectivity index (χ1v) is 9.75. The summed E-state index contributed by atoms with van der Waals surface area (Å²) in [4.78, 5) is 38.6. The first kappa shape index (κ1) is 19.6. The average Bonchev–Trinajstić information content (AvgIpc) is 2.82. The SMILES string of the molecule is Cc1cc(Br)ccc1NC(=O)CN1C(=O)NC(C)(c2cccc(Br)c2)C1=O. The van der Waals surface area contributed by atoms with Crippen LogP contribution in [0.4, 0.5) is 10.5 Å². The number of carbonyl (C=O) groups is 3. The monoisotopic (exact) mass is 493 g/mol. The summed E-state index contributed by atoms with van der Waals surface area (Å²) >= 11 is 6.73. The van der Waals surface area contributed by atoms with Gasteiger partial charge in [0.25, 0.3) is 5.91 Å². The van der Waals surface area contributed by atoms with E-state index in [2.05, 4.69) is 42.5 Å². The third kappa shape index (κ3) is 3.91. The molecule has 4 amide bonds. The van der Waals surface area contributed by atoms with E-state index in [1.54, 1.807) is 37.3 Å². The van der Waals surface area contributed by atoms with Gasteiger partial charge in [-0.1, -0.05) is 44.0 Å². The number of nitrogens with zero attached hydrogens (tertiary/aromatic N) is 1. The van der Waals surface area contributed by atoms with Gasteiger partial charge in [-0.05, 0) is 55.3 Å². The summed E-state index contributed by atoms with van der Waals surface area (Å²) in [5.41, 5.74) is 0.926. The summed E-state index contributed by atoms with van der Waals surface area (Å²) in [7, 11) is 0. The Morgan fingerprint density at radius 2 is 1.85 bits per heavy atom. The molecule has 6 nitrogen and oxygen atoms in total. The predicted molar refractivity (Wildman–Crippen MR) is 109 cm³/mol. The molecule has 0 spiro atoms. The van der Waals surface area contributed by atoms with Gasteiger partial charge in [-0.15, -0.1) is 0 Å². The maximum absolute atomic E-state index is 12.9. The quantitative estimate of drug-likeness (QED) is 0.632. The highest BCUT2D eigenvalue weighted by Crippen LogP contribution is 2.30. The van der Waals surface area contributed by atoms with Crippen LogP contribution in [0.3, 0.4) is 0 Å². The van der Waals surface area contributed by atoms with E-state index in [4.69, 9.17) is 0 Å². The van der Waals surface area contributed by atoms with Crippen molar-refractivity contribution in [2.24, 2.45) is 0 Å². The van der Waals surface area contributed by atoms with Gasteiger partial charge in [-0.25, -0.2) is 4.79 Å². The van der Waals surface area contributed by atoms with Crippen molar-refractivity contribution < 1.29 is 14.4 Å². The number of nitrogens with one attached hydrogen (secondary N) is 2. The van der Waals surface area contributed by atoms with Crippen molar-refractivity contribution in [3.63, 3.8) is 0 Å². The fraction of sp³-hybridized carbons (Fsp3) is 0.211. The van der Waals surface area contributed by atoms with Crippen LogP contribution in [0, 0.1) is 6.92 Å². The van der Waals surface area contributed by atoms with E-state index in [1.165, 1.54) is 0 Å². The zero-order valence-corrected chi connectivity index (χ0v) is 17.8. The minimum atomic E-state index is -1.21. The third-order valence-corrected chi connectivity index (χ3v) is 5.43. The number of halogens is 2. The van der Waals surface area contributed by atoms with Gasteiger partial charge >= 0.3 is 6.03 Å². The molecule has 1 fully saturated rings. The molecule has 1 saturated heterocycles. The van der Waals surface area contributed by atoms with Crippen molar-refractivity contribution in [1.29, 1.82) is 0 Å². The number of carbonyl (C=O) groups excluding carboxylic acids is 3. The molecule has 1 atom stereocenters. The molecule has 1 aliphatic rings. The molecule has 140 valence electrons. The van der Waals surface area contributed by atoms with Crippen molar-refractivity contribution in [2.75, 3.05) is 11.9 Å². The smallest absolute Gasteiger partial charge is 0.324 e. The molecule has 8 heteroatoms. The second kappa shape index (κ2) is 7.44. The average molecular weight is 495 g/mol. The lowest BCUT2D eigenvalue weighted by molar-refractivity contribution is -0.133. The van der Waals surface area contributed by atoms with Crippen molar-refractivity contribution >= 4 is 55.4 Å². The van der Waals surface area contributed by atoms with Gasteiger partial charge in [0, 0.05) is 14.6 Å². The van der Waals surface area contributed by atoms with E-state index < -0.39 is 23.4 Å². The first-order chi connectivity index (χ1) is 12.7. The Bertz CT molecular complexity index is 948. The normalized spacial score (nSPS) is 19.2. The Labute approximate surface area is 173 Å². The summed E-state index contributed by atoms with van der Waals surface area (Å²) in [5, 5.41) is 5.43. The molecule has 2 aromatic rings. The molecule has 1 heterocycles. The Morgan fingerprint density at radius 1 is 1.15 bits per heavy atom. The highest BCUT2D eigenvalue weighted by Gasteiger charge is 2.49. The van der Waals surface area contributed by atoms with Crippen LogP contribution in [0.1, 0.15) is 18.1 Å². The minimum absolute atomic E-state index is 0.357. The summed E-state index contributed by atoms with van der Waals surface area (Å²) in [6, 6.07) is 12.0. The van der Waals surface area contributed by atoms with Crippen LogP contribution in [-0.2, 0) is 15.1 Å². The standard InChI is InChI=1S/C19H17Br2N3O3/c1-11-8-14(21)6-7-15(11)22-16(25)10-24-17(26)19(2,23-18(24)27)12-4-3-5-13(20)9-12/h3-9H,10H2,1-2H3,(H,22,25)(H,23,27). The van der Waals surface area contributed by atoms with Crippen molar-refractivity contribution in [3.05, 3.63) is 62.5 Å². The summed E-state index contributed by atoms with van der Waals surface area (Å²) < 4.78 is 1.70. The molecule has 2 aromatic carbocycles. The van der Waals surface area contributed by atoms with Crippen LogP contribution in [0.25, 0.3) is 0 Å². The third-order valence-electron chi connectivity index (χ3n) is 4.44. The molecule has 0 aliphatic carbocycles. The molecular formula is C19H17Br2N3O3. The van der Waals surface area contributed by atoms with Crippen LogP contribution in [0.15, 0.2) is 51.4 Å².